The molecule has 0 saturated carbocycles. The maximum Gasteiger partial charge on any atom is 0.214 e. The second kappa shape index (κ2) is 10.3. The highest BCUT2D eigenvalue weighted by molar-refractivity contribution is 14.0. The van der Waals surface area contributed by atoms with Crippen LogP contribution in [0.25, 0.3) is 0 Å². The Hall–Kier alpha value is -1.57. The van der Waals surface area contributed by atoms with Gasteiger partial charge in [-0.15, -0.1) is 24.0 Å². The van der Waals surface area contributed by atoms with Crippen molar-refractivity contribution in [2.45, 2.75) is 39.7 Å². The Labute approximate surface area is 161 Å². The van der Waals surface area contributed by atoms with E-state index in [2.05, 4.69) is 51.8 Å². The molecule has 5 nitrogen and oxygen atoms in total. The Bertz CT molecular complexity index is 620. The molecule has 0 fully saturated rings. The molecule has 0 aliphatic carbocycles. The fourth-order valence-corrected chi connectivity index (χ4v) is 2.35. The molecule has 1 aromatic heterocycles. The van der Waals surface area contributed by atoms with E-state index in [0.717, 1.165) is 30.4 Å². The van der Waals surface area contributed by atoms with Gasteiger partial charge in [0.1, 0.15) is 5.76 Å². The van der Waals surface area contributed by atoms with E-state index in [1.165, 1.54) is 5.56 Å². The molecular weight excluding hydrogens is 415 g/mol. The van der Waals surface area contributed by atoms with Gasteiger partial charge >= 0.3 is 0 Å². The predicted molar refractivity (Wildman–Crippen MR) is 109 cm³/mol. The molecule has 0 aliphatic rings. The van der Waals surface area contributed by atoms with Crippen LogP contribution in [0.5, 0.6) is 0 Å². The number of benzene rings is 1. The number of halogens is 1. The third-order valence-electron chi connectivity index (χ3n) is 3.94. The van der Waals surface area contributed by atoms with Crippen molar-refractivity contribution in [1.82, 2.24) is 15.6 Å². The van der Waals surface area contributed by atoms with Crippen LogP contribution in [0.4, 0.5) is 0 Å². The second-order valence-corrected chi connectivity index (χ2v) is 5.70. The van der Waals surface area contributed by atoms with Crippen molar-refractivity contribution in [1.29, 1.82) is 0 Å². The van der Waals surface area contributed by atoms with Gasteiger partial charge in [0.15, 0.2) is 5.96 Å². The lowest BCUT2D eigenvalue weighted by atomic mass is 9.98. The molecule has 0 bridgehead atoms. The molecule has 0 saturated heterocycles. The molecule has 1 aromatic carbocycles. The van der Waals surface area contributed by atoms with Gasteiger partial charge in [0, 0.05) is 13.6 Å². The number of aryl methyl sites for hydroxylation is 2. The molecule has 1 atom stereocenters. The number of hydrogen-bond donors (Lipinski definition) is 2. The van der Waals surface area contributed by atoms with Crippen molar-refractivity contribution in [3.63, 3.8) is 0 Å². The van der Waals surface area contributed by atoms with Crippen molar-refractivity contribution in [2.24, 2.45) is 4.99 Å². The average Bonchev–Trinajstić information content (AvgIpc) is 2.89. The SMILES string of the molecule is CN=C(NCCC(C)c1ccccc1)NCc1nc(C)c(C)o1.I. The van der Waals surface area contributed by atoms with Gasteiger partial charge in [-0.05, 0) is 31.7 Å². The number of hydrogen-bond acceptors (Lipinski definition) is 3. The highest BCUT2D eigenvalue weighted by Gasteiger charge is 2.07. The number of guanidine groups is 1. The molecular formula is C18H27IN4O. The van der Waals surface area contributed by atoms with Gasteiger partial charge < -0.3 is 15.1 Å². The molecule has 132 valence electrons. The molecule has 2 aromatic rings. The number of oxazole rings is 1. The fraction of sp³-hybridized carbons (Fsp3) is 0.444. The van der Waals surface area contributed by atoms with E-state index in [0.29, 0.717) is 18.4 Å². The minimum Gasteiger partial charge on any atom is -0.444 e. The summed E-state index contributed by atoms with van der Waals surface area (Å²) in [5, 5.41) is 6.55. The molecule has 24 heavy (non-hydrogen) atoms. The first kappa shape index (κ1) is 20.5. The van der Waals surface area contributed by atoms with Crippen LogP contribution in [0.2, 0.25) is 0 Å². The van der Waals surface area contributed by atoms with Crippen LogP contribution in [-0.2, 0) is 6.54 Å². The highest BCUT2D eigenvalue weighted by Crippen LogP contribution is 2.17. The second-order valence-electron chi connectivity index (χ2n) is 5.70. The van der Waals surface area contributed by atoms with E-state index in [1.807, 2.05) is 19.9 Å². The quantitative estimate of drug-likeness (QED) is 0.406. The van der Waals surface area contributed by atoms with Crippen LogP contribution >= 0.6 is 24.0 Å². The summed E-state index contributed by atoms with van der Waals surface area (Å²) in [4.78, 5) is 8.58. The average molecular weight is 442 g/mol. The highest BCUT2D eigenvalue weighted by atomic mass is 127. The Kier molecular flexibility index (Phi) is 8.81. The molecule has 1 unspecified atom stereocenters. The summed E-state index contributed by atoms with van der Waals surface area (Å²) in [5.41, 5.74) is 2.30. The molecule has 1 heterocycles. The van der Waals surface area contributed by atoms with E-state index in [-0.39, 0.29) is 24.0 Å². The summed E-state index contributed by atoms with van der Waals surface area (Å²) in [7, 11) is 1.77. The Morgan fingerprint density at radius 2 is 1.92 bits per heavy atom. The topological polar surface area (TPSA) is 62.5 Å². The lowest BCUT2D eigenvalue weighted by molar-refractivity contribution is 0.463. The molecule has 2 N–H and O–H groups in total. The van der Waals surface area contributed by atoms with E-state index >= 15 is 0 Å². The van der Waals surface area contributed by atoms with Crippen molar-refractivity contribution in [2.75, 3.05) is 13.6 Å². The summed E-state index contributed by atoms with van der Waals surface area (Å²) >= 11 is 0. The number of aromatic nitrogens is 1. The normalized spacial score (nSPS) is 12.4. The van der Waals surface area contributed by atoms with Crippen molar-refractivity contribution in [3.05, 3.63) is 53.2 Å². The zero-order valence-corrected chi connectivity index (χ0v) is 17.1. The van der Waals surface area contributed by atoms with E-state index < -0.39 is 0 Å². The van der Waals surface area contributed by atoms with Crippen LogP contribution in [0.15, 0.2) is 39.7 Å². The first-order chi connectivity index (χ1) is 11.1. The molecule has 0 aliphatic heterocycles. The summed E-state index contributed by atoms with van der Waals surface area (Å²) in [6.07, 6.45) is 1.04. The van der Waals surface area contributed by atoms with Gasteiger partial charge in [-0.1, -0.05) is 37.3 Å². The number of aliphatic imine (C=N–C) groups is 1. The van der Waals surface area contributed by atoms with Crippen LogP contribution in [-0.4, -0.2) is 24.5 Å². The summed E-state index contributed by atoms with van der Waals surface area (Å²) in [5.74, 6) is 2.82. The number of rotatable bonds is 6. The molecule has 0 radical (unpaired) electrons. The van der Waals surface area contributed by atoms with Crippen molar-refractivity contribution >= 4 is 29.9 Å². The van der Waals surface area contributed by atoms with E-state index in [9.17, 15) is 0 Å². The molecule has 0 amide bonds. The minimum atomic E-state index is 0. The lowest BCUT2D eigenvalue weighted by Crippen LogP contribution is -2.37. The monoisotopic (exact) mass is 442 g/mol. The van der Waals surface area contributed by atoms with Gasteiger partial charge in [0.25, 0.3) is 0 Å². The largest absolute Gasteiger partial charge is 0.444 e. The first-order valence-electron chi connectivity index (χ1n) is 8.02. The summed E-state index contributed by atoms with van der Waals surface area (Å²) in [6.45, 7) is 7.50. The Balaban J connectivity index is 0.00000288. The van der Waals surface area contributed by atoms with Crippen LogP contribution in [0.3, 0.4) is 0 Å². The van der Waals surface area contributed by atoms with Gasteiger partial charge in [-0.25, -0.2) is 4.98 Å². The van der Waals surface area contributed by atoms with E-state index in [1.54, 1.807) is 7.05 Å². The smallest absolute Gasteiger partial charge is 0.214 e. The third-order valence-corrected chi connectivity index (χ3v) is 3.94. The van der Waals surface area contributed by atoms with Crippen LogP contribution in [0.1, 0.15) is 42.2 Å². The summed E-state index contributed by atoms with van der Waals surface area (Å²) in [6, 6.07) is 10.6. The minimum absolute atomic E-state index is 0. The molecule has 2 rings (SSSR count). The van der Waals surface area contributed by atoms with Crippen molar-refractivity contribution in [3.8, 4) is 0 Å². The molecule has 6 heteroatoms. The van der Waals surface area contributed by atoms with E-state index in [4.69, 9.17) is 4.42 Å². The fourth-order valence-electron chi connectivity index (χ4n) is 2.35. The van der Waals surface area contributed by atoms with Crippen molar-refractivity contribution < 1.29 is 4.42 Å². The first-order valence-corrected chi connectivity index (χ1v) is 8.02. The van der Waals surface area contributed by atoms with Crippen LogP contribution < -0.4 is 10.6 Å². The maximum atomic E-state index is 5.55. The van der Waals surface area contributed by atoms with Gasteiger partial charge in [0.05, 0.1) is 12.2 Å². The Morgan fingerprint density at radius 1 is 1.21 bits per heavy atom. The Morgan fingerprint density at radius 3 is 2.50 bits per heavy atom. The maximum absolute atomic E-state index is 5.55. The lowest BCUT2D eigenvalue weighted by Gasteiger charge is -2.14. The van der Waals surface area contributed by atoms with Crippen LogP contribution in [0, 0.1) is 13.8 Å². The van der Waals surface area contributed by atoms with Gasteiger partial charge in [-0.3, -0.25) is 4.99 Å². The number of nitrogens with one attached hydrogen (secondary N) is 2. The summed E-state index contributed by atoms with van der Waals surface area (Å²) < 4.78 is 5.55. The predicted octanol–water partition coefficient (Wildman–Crippen LogP) is 3.77. The number of nitrogens with zero attached hydrogens (tertiary/aromatic N) is 2. The molecule has 0 spiro atoms. The standard InChI is InChI=1S/C18H26N4O.HI/c1-13(16-8-6-5-7-9-16)10-11-20-18(19-4)21-12-17-22-14(2)15(3)23-17;/h5-9,13H,10-12H2,1-4H3,(H2,19,20,21);1H. The zero-order chi connectivity index (χ0) is 16.7. The van der Waals surface area contributed by atoms with Gasteiger partial charge in [-0.2, -0.15) is 0 Å². The third kappa shape index (κ3) is 6.14. The zero-order valence-electron chi connectivity index (χ0n) is 14.8. The van der Waals surface area contributed by atoms with Gasteiger partial charge in [0.2, 0.25) is 5.89 Å².